The average Bonchev–Trinajstić information content (AvgIpc) is 2.25. The molecule has 0 bridgehead atoms. The summed E-state index contributed by atoms with van der Waals surface area (Å²) < 4.78 is 0. The molecule has 1 rings (SSSR count). The van der Waals surface area contributed by atoms with Gasteiger partial charge in [-0.3, -0.25) is 0 Å². The molecule has 0 atom stereocenters. The quantitative estimate of drug-likeness (QED) is 0.569. The first-order valence-electron chi connectivity index (χ1n) is 5.70. The van der Waals surface area contributed by atoms with Crippen LogP contribution < -0.4 is 0 Å². The zero-order chi connectivity index (χ0) is 10.2. The second-order valence-electron chi connectivity index (χ2n) is 3.90. The van der Waals surface area contributed by atoms with Crippen LogP contribution in [0.2, 0.25) is 0 Å². The van der Waals surface area contributed by atoms with E-state index < -0.39 is 0 Å². The zero-order valence-electron chi connectivity index (χ0n) is 9.40. The fourth-order valence-corrected chi connectivity index (χ4v) is 1.54. The van der Waals surface area contributed by atoms with Crippen molar-refractivity contribution in [2.24, 2.45) is 0 Å². The van der Waals surface area contributed by atoms with Gasteiger partial charge < -0.3 is 0 Å². The molecule has 0 saturated heterocycles. The third-order valence-electron chi connectivity index (χ3n) is 2.45. The molecule has 0 aliphatic heterocycles. The van der Waals surface area contributed by atoms with Crippen LogP contribution in [0.15, 0.2) is 23.3 Å². The Morgan fingerprint density at radius 2 is 2.36 bits per heavy atom. The molecule has 14 heavy (non-hydrogen) atoms. The van der Waals surface area contributed by atoms with Gasteiger partial charge in [-0.25, -0.2) is 0 Å². The fourth-order valence-electron chi connectivity index (χ4n) is 1.54. The summed E-state index contributed by atoms with van der Waals surface area (Å²) in [4.78, 5) is 0. The number of rotatable bonds is 2. The normalized spacial score (nSPS) is 17.0. The van der Waals surface area contributed by atoms with Gasteiger partial charge in [0.25, 0.3) is 0 Å². The minimum atomic E-state index is 1.15. The van der Waals surface area contributed by atoms with E-state index in [2.05, 4.69) is 37.8 Å². The van der Waals surface area contributed by atoms with Gasteiger partial charge in [-0.2, -0.15) is 0 Å². The van der Waals surface area contributed by atoms with E-state index in [1.165, 1.54) is 43.3 Å². The summed E-state index contributed by atoms with van der Waals surface area (Å²) in [5, 5.41) is 0. The van der Waals surface area contributed by atoms with Gasteiger partial charge in [0.15, 0.2) is 0 Å². The molecule has 0 radical (unpaired) electrons. The van der Waals surface area contributed by atoms with Gasteiger partial charge in [-0.05, 0) is 50.2 Å². The fraction of sp³-hybridized carbons (Fsp3) is 0.571. The van der Waals surface area contributed by atoms with E-state index in [1.54, 1.807) is 0 Å². The molecule has 0 heteroatoms. The molecule has 0 nitrogen and oxygen atoms in total. The Kier molecular flexibility index (Phi) is 5.15. The minimum absolute atomic E-state index is 1.15. The van der Waals surface area contributed by atoms with Crippen LogP contribution in [0.1, 0.15) is 52.4 Å². The zero-order valence-corrected chi connectivity index (χ0v) is 9.40. The van der Waals surface area contributed by atoms with E-state index in [-0.39, 0.29) is 0 Å². The first kappa shape index (κ1) is 11.1. The smallest absolute Gasteiger partial charge is 0.00159 e. The van der Waals surface area contributed by atoms with E-state index in [9.17, 15) is 0 Å². The Morgan fingerprint density at radius 3 is 3.00 bits per heavy atom. The third-order valence-corrected chi connectivity index (χ3v) is 2.45. The largest absolute Gasteiger partial charge is 0.0732 e. The summed E-state index contributed by atoms with van der Waals surface area (Å²) in [5.74, 6) is 6.50. The van der Waals surface area contributed by atoms with Crippen LogP contribution in [0.3, 0.4) is 0 Å². The van der Waals surface area contributed by atoms with E-state index in [1.807, 2.05) is 0 Å². The van der Waals surface area contributed by atoms with Gasteiger partial charge in [0, 0.05) is 0 Å². The Balaban J connectivity index is 2.49. The summed E-state index contributed by atoms with van der Waals surface area (Å²) in [6.07, 6.45) is 12.0. The lowest BCUT2D eigenvalue weighted by Crippen LogP contribution is -1.88. The number of hydrogen-bond acceptors (Lipinski definition) is 0. The maximum Gasteiger partial charge on any atom is -0.00159 e. The third kappa shape index (κ3) is 4.33. The van der Waals surface area contributed by atoms with Crippen molar-refractivity contribution >= 4 is 0 Å². The summed E-state index contributed by atoms with van der Waals surface area (Å²) in [6.45, 7) is 4.30. The lowest BCUT2D eigenvalue weighted by molar-refractivity contribution is 0.715. The topological polar surface area (TPSA) is 0 Å². The van der Waals surface area contributed by atoms with Crippen molar-refractivity contribution < 1.29 is 0 Å². The summed E-state index contributed by atoms with van der Waals surface area (Å²) >= 11 is 0. The van der Waals surface area contributed by atoms with Gasteiger partial charge in [-0.15, -0.1) is 0 Å². The van der Waals surface area contributed by atoms with E-state index >= 15 is 0 Å². The van der Waals surface area contributed by atoms with Crippen molar-refractivity contribution in [3.63, 3.8) is 0 Å². The van der Waals surface area contributed by atoms with Crippen molar-refractivity contribution in [1.82, 2.24) is 0 Å². The maximum absolute atomic E-state index is 3.27. The average molecular weight is 188 g/mol. The SMILES string of the molecule is CCC/C=C(\C)C#CC1=CCCCC1. The van der Waals surface area contributed by atoms with Crippen molar-refractivity contribution in [2.75, 3.05) is 0 Å². The molecule has 0 heterocycles. The van der Waals surface area contributed by atoms with Crippen LogP contribution in [0.25, 0.3) is 0 Å². The number of hydrogen-bond donors (Lipinski definition) is 0. The first-order valence-corrected chi connectivity index (χ1v) is 5.70. The van der Waals surface area contributed by atoms with Crippen LogP contribution in [-0.2, 0) is 0 Å². The highest BCUT2D eigenvalue weighted by molar-refractivity contribution is 5.37. The van der Waals surface area contributed by atoms with Gasteiger partial charge in [-0.1, -0.05) is 37.3 Å². The predicted molar refractivity (Wildman–Crippen MR) is 63.0 cm³/mol. The first-order chi connectivity index (χ1) is 6.83. The molecule has 0 fully saturated rings. The lowest BCUT2D eigenvalue weighted by Gasteiger charge is -2.05. The van der Waals surface area contributed by atoms with E-state index in [0.717, 1.165) is 6.42 Å². The van der Waals surface area contributed by atoms with Crippen LogP contribution >= 0.6 is 0 Å². The molecule has 0 aromatic rings. The van der Waals surface area contributed by atoms with Crippen LogP contribution in [0.4, 0.5) is 0 Å². The van der Waals surface area contributed by atoms with Gasteiger partial charge >= 0.3 is 0 Å². The minimum Gasteiger partial charge on any atom is -0.0732 e. The van der Waals surface area contributed by atoms with Crippen LogP contribution in [-0.4, -0.2) is 0 Å². The van der Waals surface area contributed by atoms with Gasteiger partial charge in [0.1, 0.15) is 0 Å². The molecule has 1 aliphatic rings. The van der Waals surface area contributed by atoms with Gasteiger partial charge in [0.2, 0.25) is 0 Å². The van der Waals surface area contributed by atoms with Crippen LogP contribution in [0, 0.1) is 11.8 Å². The summed E-state index contributed by atoms with van der Waals surface area (Å²) in [7, 11) is 0. The highest BCUT2D eigenvalue weighted by atomic mass is 14.0. The predicted octanol–water partition coefficient (Wildman–Crippen LogP) is 4.24. The lowest BCUT2D eigenvalue weighted by atomic mass is 10.00. The second-order valence-corrected chi connectivity index (χ2v) is 3.90. The molecule has 0 amide bonds. The van der Waals surface area contributed by atoms with Gasteiger partial charge in [0.05, 0.1) is 0 Å². The highest BCUT2D eigenvalue weighted by Crippen LogP contribution is 2.16. The second kappa shape index (κ2) is 6.49. The number of unbranched alkanes of at least 4 members (excludes halogenated alkanes) is 1. The molecule has 0 N–H and O–H groups in total. The molecule has 0 aromatic heterocycles. The molecule has 0 spiro atoms. The maximum atomic E-state index is 3.27. The molecular formula is C14H20. The number of allylic oxidation sites excluding steroid dienone is 4. The Bertz CT molecular complexity index is 281. The Morgan fingerprint density at radius 1 is 1.50 bits per heavy atom. The van der Waals surface area contributed by atoms with Crippen molar-refractivity contribution in [3.8, 4) is 11.8 Å². The van der Waals surface area contributed by atoms with Crippen LogP contribution in [0.5, 0.6) is 0 Å². The molecule has 0 saturated carbocycles. The van der Waals surface area contributed by atoms with Crippen molar-refractivity contribution in [1.29, 1.82) is 0 Å². The Labute approximate surface area is 88.1 Å². The molecule has 1 aliphatic carbocycles. The monoisotopic (exact) mass is 188 g/mol. The standard InChI is InChI=1S/C14H20/c1-3-4-8-13(2)11-12-14-9-6-5-7-10-14/h8-9H,3-7,10H2,1-2H3/b13-8+. The Hall–Kier alpha value is -0.960. The summed E-state index contributed by atoms with van der Waals surface area (Å²) in [5.41, 5.74) is 2.57. The molecule has 0 aromatic carbocycles. The molecular weight excluding hydrogens is 168 g/mol. The summed E-state index contributed by atoms with van der Waals surface area (Å²) in [6, 6.07) is 0. The van der Waals surface area contributed by atoms with E-state index in [0.29, 0.717) is 0 Å². The molecule has 0 unspecified atom stereocenters. The van der Waals surface area contributed by atoms with Crippen molar-refractivity contribution in [3.05, 3.63) is 23.3 Å². The molecule has 76 valence electrons. The van der Waals surface area contributed by atoms with E-state index in [4.69, 9.17) is 0 Å². The van der Waals surface area contributed by atoms with Crippen molar-refractivity contribution in [2.45, 2.75) is 52.4 Å². The highest BCUT2D eigenvalue weighted by Gasteiger charge is 1.99.